The highest BCUT2D eigenvalue weighted by Gasteiger charge is 2.34. The molecule has 5 N–H and O–H groups in total. The summed E-state index contributed by atoms with van der Waals surface area (Å²) in [6.07, 6.45) is -1.29. The van der Waals surface area contributed by atoms with Crippen LogP contribution in [0.1, 0.15) is 29.0 Å². The van der Waals surface area contributed by atoms with Crippen molar-refractivity contribution >= 4 is 35.5 Å². The van der Waals surface area contributed by atoms with E-state index < -0.39 is 48.2 Å². The lowest BCUT2D eigenvalue weighted by Gasteiger charge is -2.38. The van der Waals surface area contributed by atoms with Crippen molar-refractivity contribution in [3.63, 3.8) is 0 Å². The van der Waals surface area contributed by atoms with E-state index in [4.69, 9.17) is 9.47 Å². The molecular formula is C38H41N5O7. The average molecular weight is 680 g/mol. The third kappa shape index (κ3) is 9.60. The number of hydrogen-bond donors (Lipinski definition) is 5. The third-order valence-electron chi connectivity index (χ3n) is 8.54. The molecule has 0 unspecified atom stereocenters. The van der Waals surface area contributed by atoms with Gasteiger partial charge in [-0.15, -0.1) is 0 Å². The van der Waals surface area contributed by atoms with Crippen molar-refractivity contribution in [3.8, 4) is 0 Å². The Morgan fingerprint density at radius 2 is 1.44 bits per heavy atom. The lowest BCUT2D eigenvalue weighted by atomic mass is 9.84. The number of nitrogens with zero attached hydrogens (tertiary/aromatic N) is 1. The second-order valence-electron chi connectivity index (χ2n) is 11.8. The summed E-state index contributed by atoms with van der Waals surface area (Å²) in [6, 6.07) is 33.2. The van der Waals surface area contributed by atoms with Crippen molar-refractivity contribution < 1.29 is 33.8 Å². The number of carbonyl (C=O) groups excluding carboxylic acids is 3. The van der Waals surface area contributed by atoms with Crippen LogP contribution in [0.2, 0.25) is 0 Å². The summed E-state index contributed by atoms with van der Waals surface area (Å²) in [5.41, 5.74) is 3.68. The van der Waals surface area contributed by atoms with Gasteiger partial charge in [0, 0.05) is 23.8 Å². The Kier molecular flexibility index (Phi) is 12.4. The Balaban J connectivity index is 1.24. The van der Waals surface area contributed by atoms with Crippen LogP contribution in [0.4, 0.5) is 25.8 Å². The molecule has 1 heterocycles. The molecule has 4 aromatic carbocycles. The molecule has 0 aromatic heterocycles. The number of carboxylic acid groups (broad SMARTS) is 1. The Morgan fingerprint density at radius 1 is 0.840 bits per heavy atom. The van der Waals surface area contributed by atoms with E-state index in [9.17, 15) is 24.3 Å². The maximum Gasteiger partial charge on any atom is 0.407 e. The van der Waals surface area contributed by atoms with E-state index in [0.29, 0.717) is 24.2 Å². The molecule has 0 radical (unpaired) electrons. The quantitative estimate of drug-likeness (QED) is 0.129. The Labute approximate surface area is 290 Å². The normalized spacial score (nSPS) is 16.2. The van der Waals surface area contributed by atoms with Crippen LogP contribution in [-0.4, -0.2) is 79.1 Å². The van der Waals surface area contributed by atoms with Gasteiger partial charge in [-0.25, -0.2) is 14.4 Å². The molecular weight excluding hydrogens is 638 g/mol. The molecule has 1 aliphatic heterocycles. The number of carbonyl (C=O) groups is 4. The standard InChI is InChI=1S/C38H41N5O7/c1-49-37(46)42-34(33(27-14-5-2-6-15-27)28-16-7-3-8-17-28)35(44)41-32-20-12-11-13-26(32)21-22-31-24-43(38(47)48)30(25-50-31)23-39-36(45)40-29-18-9-4-10-19-29/h2-20,30-31,33-34H,21-25H2,1H3,(H,41,44)(H,42,46)(H,47,48)(H2,39,40,45)/t30-,31-,34+/m1/s1. The number of aryl methyl sites for hydroxylation is 1. The third-order valence-corrected chi connectivity index (χ3v) is 8.54. The zero-order valence-electron chi connectivity index (χ0n) is 27.7. The Morgan fingerprint density at radius 3 is 2.06 bits per heavy atom. The number of morpholine rings is 1. The molecule has 1 fully saturated rings. The summed E-state index contributed by atoms with van der Waals surface area (Å²) < 4.78 is 11.0. The second kappa shape index (κ2) is 17.5. The van der Waals surface area contributed by atoms with Crippen molar-refractivity contribution in [3.05, 3.63) is 132 Å². The fraction of sp³-hybridized carbons (Fsp3) is 0.263. The van der Waals surface area contributed by atoms with Gasteiger partial charge in [-0.05, 0) is 47.7 Å². The van der Waals surface area contributed by atoms with E-state index in [1.165, 1.54) is 12.0 Å². The largest absolute Gasteiger partial charge is 0.465 e. The molecule has 5 amide bonds. The number of rotatable bonds is 12. The van der Waals surface area contributed by atoms with Crippen LogP contribution >= 0.6 is 0 Å². The molecule has 1 aliphatic rings. The Hall–Kier alpha value is -5.88. The van der Waals surface area contributed by atoms with E-state index in [2.05, 4.69) is 21.3 Å². The van der Waals surface area contributed by atoms with Crippen molar-refractivity contribution in [1.82, 2.24) is 15.5 Å². The van der Waals surface area contributed by atoms with Gasteiger partial charge < -0.3 is 35.8 Å². The first kappa shape index (κ1) is 35.4. The van der Waals surface area contributed by atoms with E-state index in [1.807, 2.05) is 84.9 Å². The maximum atomic E-state index is 14.1. The molecule has 3 atom stereocenters. The fourth-order valence-electron chi connectivity index (χ4n) is 6.02. The first-order chi connectivity index (χ1) is 24.3. The SMILES string of the molecule is COC(=O)N[C@H](C(=O)Nc1ccccc1CC[C@@H]1CN(C(=O)O)[C@H](CNC(=O)Nc2ccccc2)CO1)C(c1ccccc1)c1ccccc1. The molecule has 0 saturated carbocycles. The fourth-order valence-corrected chi connectivity index (χ4v) is 6.02. The minimum atomic E-state index is -1.10. The van der Waals surface area contributed by atoms with Gasteiger partial charge in [-0.3, -0.25) is 9.69 Å². The summed E-state index contributed by atoms with van der Waals surface area (Å²) in [6.45, 7) is 0.319. The maximum absolute atomic E-state index is 14.1. The second-order valence-corrected chi connectivity index (χ2v) is 11.8. The molecule has 50 heavy (non-hydrogen) atoms. The van der Waals surface area contributed by atoms with E-state index in [-0.39, 0.29) is 19.7 Å². The van der Waals surface area contributed by atoms with Crippen molar-refractivity contribution in [2.24, 2.45) is 0 Å². The minimum absolute atomic E-state index is 0.0836. The summed E-state index contributed by atoms with van der Waals surface area (Å²) in [4.78, 5) is 52.4. The first-order valence-electron chi connectivity index (χ1n) is 16.4. The smallest absolute Gasteiger partial charge is 0.407 e. The summed E-state index contributed by atoms with van der Waals surface area (Å²) in [5, 5.41) is 21.2. The number of hydrogen-bond acceptors (Lipinski definition) is 6. The number of methoxy groups -OCH3 is 1. The molecule has 0 spiro atoms. The molecule has 12 nitrogen and oxygen atoms in total. The van der Waals surface area contributed by atoms with Crippen LogP contribution in [0.3, 0.4) is 0 Å². The number of anilines is 2. The summed E-state index contributed by atoms with van der Waals surface area (Å²) in [7, 11) is 1.25. The van der Waals surface area contributed by atoms with Gasteiger partial charge >= 0.3 is 18.2 Å². The lowest BCUT2D eigenvalue weighted by Crippen LogP contribution is -2.56. The van der Waals surface area contributed by atoms with Crippen molar-refractivity contribution in [2.45, 2.75) is 36.9 Å². The predicted octanol–water partition coefficient (Wildman–Crippen LogP) is 5.68. The van der Waals surface area contributed by atoms with Crippen LogP contribution < -0.4 is 21.3 Å². The Bertz CT molecular complexity index is 1690. The van der Waals surface area contributed by atoms with Crippen LogP contribution in [-0.2, 0) is 20.7 Å². The van der Waals surface area contributed by atoms with Gasteiger partial charge in [0.05, 0.1) is 32.4 Å². The number of amides is 5. The number of para-hydroxylation sites is 2. The van der Waals surface area contributed by atoms with E-state index in [1.54, 1.807) is 30.3 Å². The number of urea groups is 1. The first-order valence-corrected chi connectivity index (χ1v) is 16.4. The van der Waals surface area contributed by atoms with Gasteiger partial charge in [0.25, 0.3) is 0 Å². The molecule has 0 aliphatic carbocycles. The zero-order valence-corrected chi connectivity index (χ0v) is 27.7. The van der Waals surface area contributed by atoms with Crippen molar-refractivity contribution in [2.75, 3.05) is 37.4 Å². The van der Waals surface area contributed by atoms with Gasteiger partial charge in [-0.1, -0.05) is 97.1 Å². The highest BCUT2D eigenvalue weighted by atomic mass is 16.5. The molecule has 0 bridgehead atoms. The predicted molar refractivity (Wildman–Crippen MR) is 189 cm³/mol. The van der Waals surface area contributed by atoms with Gasteiger partial charge in [-0.2, -0.15) is 0 Å². The molecule has 260 valence electrons. The lowest BCUT2D eigenvalue weighted by molar-refractivity contribution is -0.118. The van der Waals surface area contributed by atoms with Crippen LogP contribution in [0.15, 0.2) is 115 Å². The molecule has 4 aromatic rings. The highest BCUT2D eigenvalue weighted by molar-refractivity contribution is 5.98. The summed E-state index contributed by atoms with van der Waals surface area (Å²) >= 11 is 0. The van der Waals surface area contributed by atoms with E-state index >= 15 is 0 Å². The van der Waals surface area contributed by atoms with E-state index in [0.717, 1.165) is 16.7 Å². The highest BCUT2D eigenvalue weighted by Crippen LogP contribution is 2.30. The van der Waals surface area contributed by atoms with Crippen molar-refractivity contribution in [1.29, 1.82) is 0 Å². The van der Waals surface area contributed by atoms with Crippen LogP contribution in [0.25, 0.3) is 0 Å². The molecule has 12 heteroatoms. The summed E-state index contributed by atoms with van der Waals surface area (Å²) in [5.74, 6) is -0.952. The zero-order chi connectivity index (χ0) is 35.3. The van der Waals surface area contributed by atoms with Crippen LogP contribution in [0, 0.1) is 0 Å². The van der Waals surface area contributed by atoms with Gasteiger partial charge in [0.15, 0.2) is 0 Å². The van der Waals surface area contributed by atoms with Crippen LogP contribution in [0.5, 0.6) is 0 Å². The van der Waals surface area contributed by atoms with Gasteiger partial charge in [0.2, 0.25) is 5.91 Å². The van der Waals surface area contributed by atoms with Gasteiger partial charge in [0.1, 0.15) is 6.04 Å². The minimum Gasteiger partial charge on any atom is -0.465 e. The number of nitrogens with one attached hydrogen (secondary N) is 4. The number of benzene rings is 4. The number of alkyl carbamates (subject to hydrolysis) is 1. The molecule has 1 saturated heterocycles. The monoisotopic (exact) mass is 679 g/mol. The molecule has 5 rings (SSSR count). The topological polar surface area (TPSA) is 158 Å². The number of ether oxygens (including phenoxy) is 2. The average Bonchev–Trinajstić information content (AvgIpc) is 3.14.